The van der Waals surface area contributed by atoms with Gasteiger partial charge in [0, 0.05) is 31.1 Å². The monoisotopic (exact) mass is 500 g/mol. The predicted molar refractivity (Wildman–Crippen MR) is 139 cm³/mol. The van der Waals surface area contributed by atoms with Crippen molar-refractivity contribution in [2.24, 2.45) is 5.92 Å². The van der Waals surface area contributed by atoms with Gasteiger partial charge in [-0.3, -0.25) is 4.48 Å². The van der Waals surface area contributed by atoms with Crippen LogP contribution >= 0.6 is 0 Å². The van der Waals surface area contributed by atoms with Gasteiger partial charge in [0.1, 0.15) is 6.04 Å². The Morgan fingerprint density at radius 2 is 1.72 bits per heavy atom. The molecule has 2 heterocycles. The highest BCUT2D eigenvalue weighted by Gasteiger charge is 2.44. The van der Waals surface area contributed by atoms with E-state index in [-0.39, 0.29) is 17.7 Å². The Labute approximate surface area is 212 Å². The summed E-state index contributed by atoms with van der Waals surface area (Å²) in [6.45, 7) is 6.82. The lowest BCUT2D eigenvalue weighted by Gasteiger charge is -2.35. The number of aromatic nitrogens is 3. The summed E-state index contributed by atoms with van der Waals surface area (Å²) in [5.74, 6) is 1.74. The number of rotatable bonds is 10. The van der Waals surface area contributed by atoms with Crippen molar-refractivity contribution in [3.05, 3.63) is 24.0 Å². The number of carbonyl (C=O) groups is 1. The molecule has 0 spiro atoms. The molecule has 1 saturated heterocycles. The average Bonchev–Trinajstić information content (AvgIpc) is 3.31. The van der Waals surface area contributed by atoms with E-state index in [0.29, 0.717) is 40.5 Å². The number of hydrogen-bond donors (Lipinski definition) is 3. The first-order valence-electron chi connectivity index (χ1n) is 13.2. The van der Waals surface area contributed by atoms with Crippen LogP contribution in [0.25, 0.3) is 0 Å². The summed E-state index contributed by atoms with van der Waals surface area (Å²) in [5, 5.41) is 9.84. The molecule has 0 radical (unpaired) electrons. The van der Waals surface area contributed by atoms with Gasteiger partial charge in [-0.1, -0.05) is 19.3 Å². The van der Waals surface area contributed by atoms with Gasteiger partial charge in [0.05, 0.1) is 33.7 Å². The number of methoxy groups -OCH3 is 1. The Balaban J connectivity index is 1.52. The summed E-state index contributed by atoms with van der Waals surface area (Å²) in [4.78, 5) is 26.2. The van der Waals surface area contributed by atoms with Crippen molar-refractivity contribution >= 4 is 29.4 Å². The molecule has 1 aromatic carbocycles. The van der Waals surface area contributed by atoms with Gasteiger partial charge < -0.3 is 20.7 Å². The Hall–Kier alpha value is -3.01. The quantitative estimate of drug-likeness (QED) is 0.403. The molecule has 10 heteroatoms. The third kappa shape index (κ3) is 6.03. The zero-order valence-electron chi connectivity index (χ0n) is 21.6. The van der Waals surface area contributed by atoms with E-state index in [1.54, 1.807) is 19.1 Å². The number of nitrogens with one attached hydrogen (secondary N) is 3. The van der Waals surface area contributed by atoms with Crippen LogP contribution in [0.5, 0.6) is 5.75 Å². The second-order valence-corrected chi connectivity index (χ2v) is 9.94. The van der Waals surface area contributed by atoms with Crippen LogP contribution < -0.4 is 20.7 Å². The minimum Gasteiger partial charge on any atom is -0.494 e. The molecule has 2 fully saturated rings. The minimum atomic E-state index is -0.468. The average molecular weight is 501 g/mol. The highest BCUT2D eigenvalue weighted by atomic mass is 19.1. The number of halogens is 1. The number of quaternary nitrogens is 1. The third-order valence-electron chi connectivity index (χ3n) is 7.80. The van der Waals surface area contributed by atoms with Gasteiger partial charge in [0.2, 0.25) is 17.8 Å². The van der Waals surface area contributed by atoms with Crippen molar-refractivity contribution < 1.29 is 18.4 Å². The van der Waals surface area contributed by atoms with E-state index in [0.717, 1.165) is 32.5 Å². The maximum absolute atomic E-state index is 14.2. The number of carbonyl (C=O) groups excluding carboxylic acids is 1. The number of nitrogens with zero attached hydrogens (tertiary/aromatic N) is 4. The van der Waals surface area contributed by atoms with Crippen LogP contribution in [-0.4, -0.2) is 64.7 Å². The van der Waals surface area contributed by atoms with E-state index < -0.39 is 5.82 Å². The Kier molecular flexibility index (Phi) is 8.56. The van der Waals surface area contributed by atoms with E-state index in [1.807, 2.05) is 0 Å². The van der Waals surface area contributed by atoms with Gasteiger partial charge in [0.15, 0.2) is 11.6 Å². The van der Waals surface area contributed by atoms with Crippen LogP contribution in [0.1, 0.15) is 58.8 Å². The summed E-state index contributed by atoms with van der Waals surface area (Å²) in [7, 11) is 1.43. The number of amides is 1. The lowest BCUT2D eigenvalue weighted by Crippen LogP contribution is -2.57. The topological polar surface area (TPSA) is 101 Å². The molecule has 196 valence electrons. The van der Waals surface area contributed by atoms with Crippen LogP contribution in [0.3, 0.4) is 0 Å². The molecule has 1 amide bonds. The second kappa shape index (κ2) is 11.8. The minimum absolute atomic E-state index is 0.174. The highest BCUT2D eigenvalue weighted by molar-refractivity contribution is 5.66. The van der Waals surface area contributed by atoms with Crippen molar-refractivity contribution in [2.75, 3.05) is 49.2 Å². The Morgan fingerprint density at radius 1 is 1.03 bits per heavy atom. The first-order chi connectivity index (χ1) is 17.4. The van der Waals surface area contributed by atoms with E-state index in [2.05, 4.69) is 37.8 Å². The molecule has 36 heavy (non-hydrogen) atoms. The molecule has 1 saturated carbocycles. The molecule has 1 aliphatic heterocycles. The van der Waals surface area contributed by atoms with Crippen molar-refractivity contribution in [3.63, 3.8) is 0 Å². The summed E-state index contributed by atoms with van der Waals surface area (Å²) in [5.41, 5.74) is 0.512. The zero-order valence-corrected chi connectivity index (χ0v) is 21.6. The van der Waals surface area contributed by atoms with Crippen molar-refractivity contribution in [2.45, 2.75) is 64.8 Å². The molecule has 4 rings (SSSR count). The lowest BCUT2D eigenvalue weighted by molar-refractivity contribution is -0.862. The fraction of sp³-hybridized carbons (Fsp3) is 0.615. The van der Waals surface area contributed by atoms with Gasteiger partial charge in [-0.25, -0.2) is 9.18 Å². The maximum Gasteiger partial charge on any atom is 0.310 e. The summed E-state index contributed by atoms with van der Waals surface area (Å²) < 4.78 is 19.7. The number of likely N-dealkylation sites (tertiary alicyclic amines) is 1. The van der Waals surface area contributed by atoms with Crippen molar-refractivity contribution in [3.8, 4) is 5.75 Å². The van der Waals surface area contributed by atoms with Crippen LogP contribution in [-0.2, 0) is 4.79 Å². The van der Waals surface area contributed by atoms with Gasteiger partial charge in [-0.05, 0) is 37.8 Å². The van der Waals surface area contributed by atoms with Gasteiger partial charge in [0.25, 0.3) is 0 Å². The van der Waals surface area contributed by atoms with E-state index in [1.165, 1.54) is 45.3 Å². The van der Waals surface area contributed by atoms with Crippen LogP contribution in [0.2, 0.25) is 0 Å². The zero-order chi connectivity index (χ0) is 25.5. The molecule has 2 aromatic rings. The Bertz CT molecular complexity index is 1050. The maximum atomic E-state index is 14.2. The SMILES string of the molecule is CC[N+]1(C(C)=O)CCCC1CNc1nc(NCC2CCCCC2)nc(Nc2ccc(OC)c(F)c2)n1. The molecule has 2 unspecified atom stereocenters. The molecule has 1 aliphatic carbocycles. The first-order valence-corrected chi connectivity index (χ1v) is 13.2. The van der Waals surface area contributed by atoms with Crippen molar-refractivity contribution in [1.29, 1.82) is 0 Å². The van der Waals surface area contributed by atoms with Gasteiger partial charge in [-0.2, -0.15) is 15.0 Å². The van der Waals surface area contributed by atoms with Crippen LogP contribution in [0.15, 0.2) is 18.2 Å². The second-order valence-electron chi connectivity index (χ2n) is 9.94. The van der Waals surface area contributed by atoms with Crippen LogP contribution in [0.4, 0.5) is 27.9 Å². The number of anilines is 4. The highest BCUT2D eigenvalue weighted by Crippen LogP contribution is 2.28. The van der Waals surface area contributed by atoms with Gasteiger partial charge in [-0.15, -0.1) is 0 Å². The van der Waals surface area contributed by atoms with Crippen molar-refractivity contribution in [1.82, 2.24) is 15.0 Å². The summed E-state index contributed by atoms with van der Waals surface area (Å²) in [6.07, 6.45) is 8.27. The molecule has 0 bridgehead atoms. The molecular weight excluding hydrogens is 461 g/mol. The fourth-order valence-electron chi connectivity index (χ4n) is 5.67. The summed E-state index contributed by atoms with van der Waals surface area (Å²) >= 11 is 0. The van der Waals surface area contributed by atoms with Gasteiger partial charge >= 0.3 is 5.91 Å². The number of likely N-dealkylation sites (N-methyl/N-ethyl adjacent to an activating group) is 1. The number of hydrogen-bond acceptors (Lipinski definition) is 8. The normalized spacial score (nSPS) is 22.3. The largest absolute Gasteiger partial charge is 0.494 e. The Morgan fingerprint density at radius 3 is 2.36 bits per heavy atom. The molecule has 2 aliphatic rings. The standard InChI is InChI=1S/C26H39FN7O2/c1-4-34(18(2)35)14-8-11-21(34)17-29-25-31-24(28-16-19-9-6-5-7-10-19)32-26(33-25)30-20-12-13-23(36-3)22(27)15-20/h12-13,15,19,21H,4-11,14,16-17H2,1-3H3,(H3,28,29,30,31,32,33)/q+1. The molecule has 1 aromatic heterocycles. The molecule has 3 N–H and O–H groups in total. The molecular formula is C26H39FN7O2+. The van der Waals surface area contributed by atoms with E-state index in [9.17, 15) is 9.18 Å². The van der Waals surface area contributed by atoms with Crippen LogP contribution in [0, 0.1) is 11.7 Å². The smallest absolute Gasteiger partial charge is 0.310 e. The molecule has 2 atom stereocenters. The first kappa shape index (κ1) is 26.1. The lowest BCUT2D eigenvalue weighted by atomic mass is 9.89. The van der Waals surface area contributed by atoms with E-state index in [4.69, 9.17) is 4.74 Å². The molecule has 9 nitrogen and oxygen atoms in total. The fourth-order valence-corrected chi connectivity index (χ4v) is 5.67. The predicted octanol–water partition coefficient (Wildman–Crippen LogP) is 4.71. The third-order valence-corrected chi connectivity index (χ3v) is 7.80. The number of ether oxygens (including phenoxy) is 1. The summed E-state index contributed by atoms with van der Waals surface area (Å²) in [6, 6.07) is 4.80. The number of benzene rings is 1. The van der Waals surface area contributed by atoms with E-state index >= 15 is 0 Å².